The van der Waals surface area contributed by atoms with Crippen LogP contribution in [-0.2, 0) is 13.5 Å². The number of hydrogen-bond donors (Lipinski definition) is 0. The van der Waals surface area contributed by atoms with E-state index in [1.165, 1.54) is 11.1 Å². The number of nitrogens with zero attached hydrogens (tertiary/aromatic N) is 1. The lowest BCUT2D eigenvalue weighted by Gasteiger charge is -2.07. The molecule has 0 atom stereocenters. The highest BCUT2D eigenvalue weighted by molar-refractivity contribution is 5.70. The topological polar surface area (TPSA) is 22.3 Å². The van der Waals surface area contributed by atoms with E-state index < -0.39 is 0 Å². The second-order valence-corrected chi connectivity index (χ2v) is 7.52. The highest BCUT2D eigenvalue weighted by Gasteiger charge is 2.12. The maximum Gasteiger partial charge on any atom is 0.205 e. The predicted octanol–water partition coefficient (Wildman–Crippen LogP) is 5.49. The summed E-state index contributed by atoms with van der Waals surface area (Å²) in [5, 5.41) is 0. The molecule has 0 unspecified atom stereocenters. The van der Waals surface area contributed by atoms with Crippen molar-refractivity contribution in [2.24, 2.45) is 7.05 Å². The molecule has 152 valence electrons. The Kier molecular flexibility index (Phi) is 5.99. The van der Waals surface area contributed by atoms with Gasteiger partial charge in [0.15, 0.2) is 0 Å². The van der Waals surface area contributed by atoms with Gasteiger partial charge in [0.2, 0.25) is 11.4 Å². The van der Waals surface area contributed by atoms with E-state index in [9.17, 15) is 0 Å². The fourth-order valence-corrected chi connectivity index (χ4v) is 3.72. The van der Waals surface area contributed by atoms with Gasteiger partial charge in [0.25, 0.3) is 0 Å². The van der Waals surface area contributed by atoms with Crippen molar-refractivity contribution in [3.8, 4) is 11.5 Å². The van der Waals surface area contributed by atoms with Crippen LogP contribution >= 0.6 is 0 Å². The average Bonchev–Trinajstić information content (AvgIpc) is 3.22. The monoisotopic (exact) mass is 398 g/mol. The Balaban J connectivity index is 1.53. The van der Waals surface area contributed by atoms with E-state index in [0.717, 1.165) is 47.0 Å². The maximum atomic E-state index is 5.63. The van der Waals surface area contributed by atoms with Crippen LogP contribution in [0.5, 0.6) is 11.5 Å². The SMILES string of the molecule is CCOc1ccc(/C=C/c2cccc(/C=C/c3ccc4c(c3)CCO4)[n+]2C)cc1C. The third-order valence-electron chi connectivity index (χ3n) is 5.41. The zero-order chi connectivity index (χ0) is 20.9. The van der Waals surface area contributed by atoms with Gasteiger partial charge in [-0.3, -0.25) is 0 Å². The van der Waals surface area contributed by atoms with E-state index in [0.29, 0.717) is 6.61 Å². The Bertz CT molecular complexity index is 1110. The van der Waals surface area contributed by atoms with Gasteiger partial charge < -0.3 is 9.47 Å². The van der Waals surface area contributed by atoms with Crippen LogP contribution in [0, 0.1) is 6.92 Å². The molecule has 2 aromatic carbocycles. The molecule has 3 nitrogen and oxygen atoms in total. The van der Waals surface area contributed by atoms with Crippen molar-refractivity contribution in [3.63, 3.8) is 0 Å². The molecule has 0 amide bonds. The summed E-state index contributed by atoms with van der Waals surface area (Å²) in [6.07, 6.45) is 9.62. The average molecular weight is 399 g/mol. The zero-order valence-electron chi connectivity index (χ0n) is 17.9. The van der Waals surface area contributed by atoms with E-state index in [4.69, 9.17) is 9.47 Å². The van der Waals surface area contributed by atoms with Crippen molar-refractivity contribution in [1.82, 2.24) is 0 Å². The normalized spacial score (nSPS) is 13.0. The summed E-state index contributed by atoms with van der Waals surface area (Å²) in [5.74, 6) is 1.97. The van der Waals surface area contributed by atoms with E-state index in [1.54, 1.807) is 0 Å². The molecule has 30 heavy (non-hydrogen) atoms. The zero-order valence-corrected chi connectivity index (χ0v) is 17.9. The van der Waals surface area contributed by atoms with E-state index in [2.05, 4.69) is 91.4 Å². The van der Waals surface area contributed by atoms with Crippen LogP contribution in [0.1, 0.15) is 40.6 Å². The van der Waals surface area contributed by atoms with Crippen LogP contribution in [0.15, 0.2) is 54.6 Å². The summed E-state index contributed by atoms with van der Waals surface area (Å²) in [6, 6.07) is 19.0. The quantitative estimate of drug-likeness (QED) is 0.512. The van der Waals surface area contributed by atoms with E-state index >= 15 is 0 Å². The number of fused-ring (bicyclic) bond motifs is 1. The Morgan fingerprint density at radius 1 is 0.933 bits per heavy atom. The fourth-order valence-electron chi connectivity index (χ4n) is 3.72. The van der Waals surface area contributed by atoms with Crippen molar-refractivity contribution >= 4 is 24.3 Å². The van der Waals surface area contributed by atoms with Crippen molar-refractivity contribution in [3.05, 3.63) is 88.2 Å². The van der Waals surface area contributed by atoms with Gasteiger partial charge in [0.1, 0.15) is 18.5 Å². The summed E-state index contributed by atoms with van der Waals surface area (Å²) < 4.78 is 13.4. The van der Waals surface area contributed by atoms with Crippen LogP contribution in [0.25, 0.3) is 24.3 Å². The van der Waals surface area contributed by atoms with Gasteiger partial charge in [0.05, 0.1) is 13.2 Å². The smallest absolute Gasteiger partial charge is 0.205 e. The van der Waals surface area contributed by atoms with Crippen LogP contribution < -0.4 is 14.0 Å². The summed E-state index contributed by atoms with van der Waals surface area (Å²) in [6.45, 7) is 5.57. The van der Waals surface area contributed by atoms with E-state index in [1.807, 2.05) is 13.0 Å². The minimum atomic E-state index is 0.686. The van der Waals surface area contributed by atoms with Gasteiger partial charge in [-0.25, -0.2) is 0 Å². The Morgan fingerprint density at radius 2 is 1.63 bits per heavy atom. The van der Waals surface area contributed by atoms with Crippen LogP contribution in [0.3, 0.4) is 0 Å². The molecule has 0 saturated heterocycles. The molecule has 1 aromatic heterocycles. The van der Waals surface area contributed by atoms with Gasteiger partial charge >= 0.3 is 0 Å². The summed E-state index contributed by atoms with van der Waals surface area (Å²) in [7, 11) is 2.10. The minimum Gasteiger partial charge on any atom is -0.494 e. The molecule has 1 aliphatic rings. The molecule has 0 aliphatic carbocycles. The molecule has 4 rings (SSSR count). The van der Waals surface area contributed by atoms with Crippen molar-refractivity contribution in [1.29, 1.82) is 0 Å². The molecule has 0 fully saturated rings. The van der Waals surface area contributed by atoms with Crippen molar-refractivity contribution in [2.45, 2.75) is 20.3 Å². The van der Waals surface area contributed by atoms with Crippen LogP contribution in [0.4, 0.5) is 0 Å². The lowest BCUT2D eigenvalue weighted by atomic mass is 10.1. The molecule has 1 aliphatic heterocycles. The van der Waals surface area contributed by atoms with Gasteiger partial charge in [0, 0.05) is 30.7 Å². The Labute approximate surface area is 178 Å². The van der Waals surface area contributed by atoms with Gasteiger partial charge in [-0.2, -0.15) is 4.57 Å². The first-order valence-corrected chi connectivity index (χ1v) is 10.5. The second kappa shape index (κ2) is 9.00. The van der Waals surface area contributed by atoms with Crippen LogP contribution in [0.2, 0.25) is 0 Å². The largest absolute Gasteiger partial charge is 0.494 e. The number of aromatic nitrogens is 1. The van der Waals surface area contributed by atoms with Gasteiger partial charge in [-0.05, 0) is 78.6 Å². The van der Waals surface area contributed by atoms with E-state index in [-0.39, 0.29) is 0 Å². The summed E-state index contributed by atoms with van der Waals surface area (Å²) in [4.78, 5) is 0. The predicted molar refractivity (Wildman–Crippen MR) is 123 cm³/mol. The maximum absolute atomic E-state index is 5.63. The lowest BCUT2D eigenvalue weighted by molar-refractivity contribution is -0.675. The molecular formula is C27H28NO2+. The molecule has 0 radical (unpaired) electrons. The number of ether oxygens (including phenoxy) is 2. The summed E-state index contributed by atoms with van der Waals surface area (Å²) >= 11 is 0. The fraction of sp³-hybridized carbons (Fsp3) is 0.222. The molecule has 0 N–H and O–H groups in total. The number of aryl methyl sites for hydroxylation is 1. The lowest BCUT2D eigenvalue weighted by Crippen LogP contribution is -2.35. The number of benzene rings is 2. The number of rotatable bonds is 6. The highest BCUT2D eigenvalue weighted by atomic mass is 16.5. The number of pyridine rings is 1. The Hall–Kier alpha value is -3.33. The Morgan fingerprint density at radius 3 is 2.33 bits per heavy atom. The van der Waals surface area contributed by atoms with Crippen LogP contribution in [-0.4, -0.2) is 13.2 Å². The molecule has 3 heteroatoms. The number of hydrogen-bond acceptors (Lipinski definition) is 2. The van der Waals surface area contributed by atoms with Gasteiger partial charge in [-0.15, -0.1) is 0 Å². The summed E-state index contributed by atoms with van der Waals surface area (Å²) in [5.41, 5.74) is 7.11. The second-order valence-electron chi connectivity index (χ2n) is 7.52. The standard InChI is InChI=1S/C27H28NO2/c1-4-29-26-14-10-21(18-20(26)2)8-12-24-6-5-7-25(28(24)3)13-9-22-11-15-27-23(19-22)16-17-30-27/h5-15,18-19H,4,16-17H2,1-3H3/q+1/b12-8+,13-9+. The molecular weight excluding hydrogens is 370 g/mol. The first-order valence-electron chi connectivity index (χ1n) is 10.5. The van der Waals surface area contributed by atoms with Crippen molar-refractivity contribution in [2.75, 3.05) is 13.2 Å². The molecule has 3 aromatic rings. The molecule has 0 saturated carbocycles. The third kappa shape index (κ3) is 4.46. The molecule has 0 bridgehead atoms. The molecule has 2 heterocycles. The first-order chi connectivity index (χ1) is 14.6. The minimum absolute atomic E-state index is 0.686. The van der Waals surface area contributed by atoms with Gasteiger partial charge in [-0.1, -0.05) is 12.1 Å². The third-order valence-corrected chi connectivity index (χ3v) is 5.41. The first kappa shape index (κ1) is 20.0. The molecule has 0 spiro atoms. The highest BCUT2D eigenvalue weighted by Crippen LogP contribution is 2.26. The van der Waals surface area contributed by atoms with Crippen molar-refractivity contribution < 1.29 is 14.0 Å².